The molecule has 0 radical (unpaired) electrons. The molecule has 1 saturated carbocycles. The van der Waals surface area contributed by atoms with Gasteiger partial charge in [-0.05, 0) is 32.8 Å². The number of ether oxygens (including phenoxy) is 1. The van der Waals surface area contributed by atoms with Gasteiger partial charge in [-0.1, -0.05) is 0 Å². The van der Waals surface area contributed by atoms with Crippen molar-refractivity contribution in [3.05, 3.63) is 47.1 Å². The van der Waals surface area contributed by atoms with Crippen LogP contribution >= 0.6 is 0 Å². The Hall–Kier alpha value is -2.41. The molecule has 7 nitrogen and oxygen atoms in total. The second kappa shape index (κ2) is 6.48. The van der Waals surface area contributed by atoms with E-state index >= 15 is 0 Å². The summed E-state index contributed by atoms with van der Waals surface area (Å²) in [6.07, 6.45) is 5.27. The summed E-state index contributed by atoms with van der Waals surface area (Å²) in [5.41, 5.74) is 2.32. The first-order valence-electron chi connectivity index (χ1n) is 8.65. The van der Waals surface area contributed by atoms with E-state index in [-0.39, 0.29) is 12.0 Å². The predicted molar refractivity (Wildman–Crippen MR) is 90.1 cm³/mol. The summed E-state index contributed by atoms with van der Waals surface area (Å²) in [5, 5.41) is 0. The Balaban J connectivity index is 1.49. The summed E-state index contributed by atoms with van der Waals surface area (Å²) in [6, 6.07) is 1.92. The lowest BCUT2D eigenvalue weighted by molar-refractivity contribution is -0.0269. The van der Waals surface area contributed by atoms with E-state index in [9.17, 15) is 4.79 Å². The number of rotatable bonds is 3. The summed E-state index contributed by atoms with van der Waals surface area (Å²) >= 11 is 0. The molecule has 0 bridgehead atoms. The molecule has 1 aliphatic heterocycles. The second-order valence-electron chi connectivity index (χ2n) is 6.72. The van der Waals surface area contributed by atoms with Crippen LogP contribution in [-0.2, 0) is 4.74 Å². The van der Waals surface area contributed by atoms with Crippen molar-refractivity contribution in [1.29, 1.82) is 0 Å². The average molecular weight is 339 g/mol. The standard InChI is InChI=1S/C18H21N5O2/c1-11-7-12(2)22-17(21-11)15-10-23(5-6-25-15)18(24)14-8-19-16(20-9-14)13-3-4-13/h7-9,13,15H,3-6,10H2,1-2H3/t15-/m0/s1. The van der Waals surface area contributed by atoms with Gasteiger partial charge in [-0.25, -0.2) is 19.9 Å². The molecule has 25 heavy (non-hydrogen) atoms. The smallest absolute Gasteiger partial charge is 0.257 e. The Morgan fingerprint density at radius 1 is 1.12 bits per heavy atom. The van der Waals surface area contributed by atoms with Crippen LogP contribution in [0.25, 0.3) is 0 Å². The number of nitrogens with zero attached hydrogens (tertiary/aromatic N) is 5. The summed E-state index contributed by atoms with van der Waals surface area (Å²) in [7, 11) is 0. The van der Waals surface area contributed by atoms with E-state index in [2.05, 4.69) is 19.9 Å². The molecule has 0 spiro atoms. The fourth-order valence-electron chi connectivity index (χ4n) is 3.07. The third kappa shape index (κ3) is 3.51. The van der Waals surface area contributed by atoms with Crippen LogP contribution in [-0.4, -0.2) is 50.4 Å². The van der Waals surface area contributed by atoms with Crippen LogP contribution in [0, 0.1) is 13.8 Å². The van der Waals surface area contributed by atoms with Crippen LogP contribution in [0.5, 0.6) is 0 Å². The van der Waals surface area contributed by atoms with Crippen LogP contribution in [0.3, 0.4) is 0 Å². The molecule has 1 aliphatic carbocycles. The molecule has 0 N–H and O–H groups in total. The van der Waals surface area contributed by atoms with Crippen molar-refractivity contribution in [1.82, 2.24) is 24.8 Å². The molecule has 2 aromatic rings. The van der Waals surface area contributed by atoms with Crippen LogP contribution < -0.4 is 0 Å². The van der Waals surface area contributed by atoms with Gasteiger partial charge in [0.2, 0.25) is 0 Å². The zero-order chi connectivity index (χ0) is 17.4. The molecular weight excluding hydrogens is 318 g/mol. The Morgan fingerprint density at radius 3 is 2.44 bits per heavy atom. The van der Waals surface area contributed by atoms with Gasteiger partial charge < -0.3 is 9.64 Å². The monoisotopic (exact) mass is 339 g/mol. The van der Waals surface area contributed by atoms with Gasteiger partial charge in [0.1, 0.15) is 11.9 Å². The highest BCUT2D eigenvalue weighted by atomic mass is 16.5. The molecule has 2 fully saturated rings. The number of amides is 1. The Bertz CT molecular complexity index is 768. The Labute approximate surface area is 146 Å². The highest BCUT2D eigenvalue weighted by Gasteiger charge is 2.30. The van der Waals surface area contributed by atoms with Crippen molar-refractivity contribution >= 4 is 5.91 Å². The predicted octanol–water partition coefficient (Wildman–Crippen LogP) is 1.97. The highest BCUT2D eigenvalue weighted by molar-refractivity contribution is 5.93. The molecule has 2 aromatic heterocycles. The molecule has 0 unspecified atom stereocenters. The molecule has 2 aliphatic rings. The first kappa shape index (κ1) is 16.1. The van der Waals surface area contributed by atoms with Gasteiger partial charge in [0.15, 0.2) is 5.82 Å². The van der Waals surface area contributed by atoms with Crippen LogP contribution in [0.4, 0.5) is 0 Å². The van der Waals surface area contributed by atoms with Gasteiger partial charge in [0, 0.05) is 36.2 Å². The minimum absolute atomic E-state index is 0.0694. The molecule has 130 valence electrons. The quantitative estimate of drug-likeness (QED) is 0.850. The number of aromatic nitrogens is 4. The van der Waals surface area contributed by atoms with E-state index in [1.807, 2.05) is 19.9 Å². The zero-order valence-corrected chi connectivity index (χ0v) is 14.5. The molecule has 7 heteroatoms. The largest absolute Gasteiger partial charge is 0.367 e. The number of morpholine rings is 1. The third-order valence-corrected chi connectivity index (χ3v) is 4.50. The van der Waals surface area contributed by atoms with Crippen molar-refractivity contribution in [3.63, 3.8) is 0 Å². The first-order valence-corrected chi connectivity index (χ1v) is 8.65. The molecule has 1 atom stereocenters. The Morgan fingerprint density at radius 2 is 1.80 bits per heavy atom. The lowest BCUT2D eigenvalue weighted by Crippen LogP contribution is -2.42. The van der Waals surface area contributed by atoms with Crippen LogP contribution in [0.15, 0.2) is 18.5 Å². The van der Waals surface area contributed by atoms with E-state index in [0.717, 1.165) is 30.1 Å². The average Bonchev–Trinajstić information content (AvgIpc) is 3.46. The molecular formula is C18H21N5O2. The van der Waals surface area contributed by atoms with Crippen molar-refractivity contribution < 1.29 is 9.53 Å². The highest BCUT2D eigenvalue weighted by Crippen LogP contribution is 2.37. The maximum atomic E-state index is 12.8. The lowest BCUT2D eigenvalue weighted by atomic mass is 10.2. The van der Waals surface area contributed by atoms with E-state index in [1.54, 1.807) is 17.3 Å². The van der Waals surface area contributed by atoms with Gasteiger partial charge in [-0.15, -0.1) is 0 Å². The third-order valence-electron chi connectivity index (χ3n) is 4.50. The normalized spacial score (nSPS) is 20.6. The SMILES string of the molecule is Cc1cc(C)nc([C@@H]2CN(C(=O)c3cnc(C4CC4)nc3)CCO2)n1. The maximum Gasteiger partial charge on any atom is 0.257 e. The second-order valence-corrected chi connectivity index (χ2v) is 6.72. The van der Waals surface area contributed by atoms with Crippen molar-refractivity contribution in [2.45, 2.75) is 38.7 Å². The number of hydrogen-bond donors (Lipinski definition) is 0. The van der Waals surface area contributed by atoms with Crippen LogP contribution in [0.1, 0.15) is 58.3 Å². The minimum atomic E-state index is -0.303. The van der Waals surface area contributed by atoms with Gasteiger partial charge >= 0.3 is 0 Å². The molecule has 4 rings (SSSR count). The number of aryl methyl sites for hydroxylation is 2. The van der Waals surface area contributed by atoms with Gasteiger partial charge in [0.25, 0.3) is 5.91 Å². The Kier molecular flexibility index (Phi) is 4.17. The fourth-order valence-corrected chi connectivity index (χ4v) is 3.07. The van der Waals surface area contributed by atoms with Crippen molar-refractivity contribution in [2.24, 2.45) is 0 Å². The van der Waals surface area contributed by atoms with Crippen molar-refractivity contribution in [3.8, 4) is 0 Å². The zero-order valence-electron chi connectivity index (χ0n) is 14.5. The summed E-state index contributed by atoms with van der Waals surface area (Å²) in [6.45, 7) is 5.32. The van der Waals surface area contributed by atoms with E-state index < -0.39 is 0 Å². The topological polar surface area (TPSA) is 81.1 Å². The first-order chi connectivity index (χ1) is 12.1. The summed E-state index contributed by atoms with van der Waals surface area (Å²) < 4.78 is 5.80. The molecule has 1 amide bonds. The van der Waals surface area contributed by atoms with Crippen LogP contribution in [0.2, 0.25) is 0 Å². The molecule has 3 heterocycles. The number of carbonyl (C=O) groups is 1. The van der Waals surface area contributed by atoms with Gasteiger partial charge in [-0.2, -0.15) is 0 Å². The molecule has 0 aromatic carbocycles. The van der Waals surface area contributed by atoms with E-state index in [4.69, 9.17) is 4.74 Å². The maximum absolute atomic E-state index is 12.8. The number of hydrogen-bond acceptors (Lipinski definition) is 6. The van der Waals surface area contributed by atoms with E-state index in [1.165, 1.54) is 0 Å². The van der Waals surface area contributed by atoms with Crippen molar-refractivity contribution in [2.75, 3.05) is 19.7 Å². The molecule has 1 saturated heterocycles. The summed E-state index contributed by atoms with van der Waals surface area (Å²) in [5.74, 6) is 1.90. The lowest BCUT2D eigenvalue weighted by Gasteiger charge is -2.32. The van der Waals surface area contributed by atoms with E-state index in [0.29, 0.717) is 37.0 Å². The number of carbonyl (C=O) groups excluding carboxylic acids is 1. The van der Waals surface area contributed by atoms with Gasteiger partial charge in [0.05, 0.1) is 18.7 Å². The van der Waals surface area contributed by atoms with Gasteiger partial charge in [-0.3, -0.25) is 4.79 Å². The minimum Gasteiger partial charge on any atom is -0.367 e. The fraction of sp³-hybridized carbons (Fsp3) is 0.500. The summed E-state index contributed by atoms with van der Waals surface area (Å²) in [4.78, 5) is 32.1.